The van der Waals surface area contributed by atoms with E-state index < -0.39 is 5.91 Å². The number of rotatable bonds is 7. The third-order valence-electron chi connectivity index (χ3n) is 4.27. The number of nitrogens with zero attached hydrogens (tertiary/aromatic N) is 1. The van der Waals surface area contributed by atoms with Crippen LogP contribution >= 0.6 is 34.8 Å². The zero-order valence-corrected chi connectivity index (χ0v) is 19.1. The number of hydrogen-bond acceptors (Lipinski definition) is 4. The Bertz CT molecular complexity index is 1150. The van der Waals surface area contributed by atoms with Crippen LogP contribution in [0.4, 0.5) is 5.69 Å². The molecule has 0 fully saturated rings. The number of carbonyl (C=O) groups excluding carboxylic acids is 2. The molecule has 0 unspecified atom stereocenters. The first-order valence-corrected chi connectivity index (χ1v) is 10.5. The highest BCUT2D eigenvalue weighted by Gasteiger charge is 2.11. The lowest BCUT2D eigenvalue weighted by atomic mass is 10.1. The van der Waals surface area contributed by atoms with Crippen molar-refractivity contribution in [2.75, 3.05) is 11.9 Å². The number of carbonyl (C=O) groups is 2. The number of nitrogens with one attached hydrogen (secondary N) is 2. The van der Waals surface area contributed by atoms with Gasteiger partial charge in [-0.25, -0.2) is 5.43 Å². The van der Waals surface area contributed by atoms with E-state index in [2.05, 4.69) is 15.8 Å². The fourth-order valence-electron chi connectivity index (χ4n) is 2.59. The Labute approximate surface area is 200 Å². The molecule has 0 aromatic heterocycles. The summed E-state index contributed by atoms with van der Waals surface area (Å²) in [6.07, 6.45) is 0. The molecule has 0 spiro atoms. The van der Waals surface area contributed by atoms with E-state index in [1.165, 1.54) is 6.07 Å². The maximum absolute atomic E-state index is 12.4. The van der Waals surface area contributed by atoms with Gasteiger partial charge in [0.2, 0.25) is 0 Å². The van der Waals surface area contributed by atoms with Gasteiger partial charge in [-0.1, -0.05) is 46.9 Å². The minimum atomic E-state index is -0.400. The van der Waals surface area contributed by atoms with Crippen molar-refractivity contribution in [2.45, 2.75) is 6.92 Å². The summed E-state index contributed by atoms with van der Waals surface area (Å²) in [6.45, 7) is 1.57. The van der Waals surface area contributed by atoms with Crippen molar-refractivity contribution in [1.82, 2.24) is 5.43 Å². The van der Waals surface area contributed by atoms with Gasteiger partial charge < -0.3 is 10.1 Å². The van der Waals surface area contributed by atoms with Crippen LogP contribution in [0, 0.1) is 0 Å². The predicted molar refractivity (Wildman–Crippen MR) is 128 cm³/mol. The third-order valence-corrected chi connectivity index (χ3v) is 5.07. The first kappa shape index (κ1) is 23.6. The number of hydrazone groups is 1. The van der Waals surface area contributed by atoms with Crippen LogP contribution in [0.3, 0.4) is 0 Å². The fourth-order valence-corrected chi connectivity index (χ4v) is 3.21. The average molecular weight is 491 g/mol. The Morgan fingerprint density at radius 2 is 1.56 bits per heavy atom. The lowest BCUT2D eigenvalue weighted by Gasteiger charge is -2.08. The highest BCUT2D eigenvalue weighted by molar-refractivity contribution is 6.37. The van der Waals surface area contributed by atoms with E-state index in [9.17, 15) is 9.59 Å². The topological polar surface area (TPSA) is 79.8 Å². The Morgan fingerprint density at radius 3 is 2.22 bits per heavy atom. The van der Waals surface area contributed by atoms with E-state index in [0.29, 0.717) is 32.8 Å². The molecule has 2 N–H and O–H groups in total. The van der Waals surface area contributed by atoms with Gasteiger partial charge in [0.1, 0.15) is 5.75 Å². The molecule has 164 valence electrons. The third kappa shape index (κ3) is 6.72. The van der Waals surface area contributed by atoms with E-state index in [4.69, 9.17) is 39.5 Å². The first-order chi connectivity index (χ1) is 15.3. The second-order valence-electron chi connectivity index (χ2n) is 6.63. The summed E-state index contributed by atoms with van der Waals surface area (Å²) in [7, 11) is 0. The molecular formula is C23H18Cl3N3O3. The maximum Gasteiger partial charge on any atom is 0.277 e. The normalized spacial score (nSPS) is 11.1. The van der Waals surface area contributed by atoms with Crippen LogP contribution < -0.4 is 15.5 Å². The summed E-state index contributed by atoms with van der Waals surface area (Å²) >= 11 is 17.7. The number of hydrogen-bond donors (Lipinski definition) is 2. The summed E-state index contributed by atoms with van der Waals surface area (Å²) in [5.41, 5.74) is 4.70. The largest absolute Gasteiger partial charge is 0.484 e. The van der Waals surface area contributed by atoms with Crippen molar-refractivity contribution in [3.05, 3.63) is 92.9 Å². The average Bonchev–Trinajstić information content (AvgIpc) is 2.77. The van der Waals surface area contributed by atoms with Gasteiger partial charge in [0, 0.05) is 15.7 Å². The summed E-state index contributed by atoms with van der Waals surface area (Å²) in [4.78, 5) is 24.3. The van der Waals surface area contributed by atoms with Gasteiger partial charge in [0.25, 0.3) is 11.8 Å². The highest BCUT2D eigenvalue weighted by atomic mass is 35.5. The SMILES string of the molecule is CC(=NNC(=O)COc1ccc(Cl)cc1)c1ccc(NC(=O)c2ccc(Cl)cc2Cl)cc1. The smallest absolute Gasteiger partial charge is 0.277 e. The molecule has 0 heterocycles. The molecule has 32 heavy (non-hydrogen) atoms. The van der Waals surface area contributed by atoms with E-state index >= 15 is 0 Å². The van der Waals surface area contributed by atoms with Crippen LogP contribution in [0.15, 0.2) is 71.8 Å². The van der Waals surface area contributed by atoms with Crippen LogP contribution in [-0.4, -0.2) is 24.1 Å². The van der Waals surface area contributed by atoms with Crippen molar-refractivity contribution in [2.24, 2.45) is 5.10 Å². The van der Waals surface area contributed by atoms with Gasteiger partial charge in [-0.15, -0.1) is 0 Å². The molecule has 0 saturated carbocycles. The van der Waals surface area contributed by atoms with E-state index in [1.54, 1.807) is 67.6 Å². The van der Waals surface area contributed by atoms with Crippen molar-refractivity contribution >= 4 is 58.0 Å². The quantitative estimate of drug-likeness (QED) is 0.323. The second-order valence-corrected chi connectivity index (χ2v) is 7.91. The highest BCUT2D eigenvalue weighted by Crippen LogP contribution is 2.22. The zero-order valence-electron chi connectivity index (χ0n) is 16.9. The van der Waals surface area contributed by atoms with Crippen LogP contribution in [0.2, 0.25) is 15.1 Å². The molecule has 6 nitrogen and oxygen atoms in total. The number of ether oxygens (including phenoxy) is 1. The van der Waals surface area contributed by atoms with Gasteiger partial charge >= 0.3 is 0 Å². The van der Waals surface area contributed by atoms with Crippen molar-refractivity contribution in [1.29, 1.82) is 0 Å². The molecule has 0 saturated heterocycles. The van der Waals surface area contributed by atoms with Crippen LogP contribution in [0.5, 0.6) is 5.75 Å². The van der Waals surface area contributed by atoms with Gasteiger partial charge in [-0.3, -0.25) is 9.59 Å². The van der Waals surface area contributed by atoms with Crippen molar-refractivity contribution in [3.8, 4) is 5.75 Å². The summed E-state index contributed by atoms with van der Waals surface area (Å²) in [6, 6.07) is 18.4. The van der Waals surface area contributed by atoms with Gasteiger partial charge in [0.15, 0.2) is 6.61 Å². The lowest BCUT2D eigenvalue weighted by molar-refractivity contribution is -0.123. The molecular weight excluding hydrogens is 473 g/mol. The number of benzene rings is 3. The zero-order chi connectivity index (χ0) is 23.1. The van der Waals surface area contributed by atoms with E-state index in [-0.39, 0.29) is 17.5 Å². The Hall–Kier alpha value is -3.06. The van der Waals surface area contributed by atoms with Gasteiger partial charge in [-0.05, 0) is 67.1 Å². The molecule has 0 radical (unpaired) electrons. The standard InChI is InChI=1S/C23H18Cl3N3O3/c1-14(28-29-22(30)13-32-19-9-4-16(24)5-10-19)15-2-7-18(8-3-15)27-23(31)20-11-6-17(25)12-21(20)26/h2-12H,13H2,1H3,(H,27,31)(H,29,30). The molecule has 0 aliphatic carbocycles. The van der Waals surface area contributed by atoms with Gasteiger partial charge in [0.05, 0.1) is 16.3 Å². The van der Waals surface area contributed by atoms with Crippen molar-refractivity contribution in [3.63, 3.8) is 0 Å². The molecule has 2 amide bonds. The Morgan fingerprint density at radius 1 is 0.906 bits per heavy atom. The molecule has 0 bridgehead atoms. The molecule has 0 aliphatic rings. The monoisotopic (exact) mass is 489 g/mol. The minimum absolute atomic E-state index is 0.184. The number of halogens is 3. The minimum Gasteiger partial charge on any atom is -0.484 e. The van der Waals surface area contributed by atoms with Crippen LogP contribution in [-0.2, 0) is 4.79 Å². The molecule has 0 aliphatic heterocycles. The van der Waals surface area contributed by atoms with E-state index in [1.807, 2.05) is 0 Å². The molecule has 3 rings (SSSR count). The lowest BCUT2D eigenvalue weighted by Crippen LogP contribution is -2.25. The number of anilines is 1. The molecule has 3 aromatic carbocycles. The molecule has 9 heteroatoms. The van der Waals surface area contributed by atoms with Crippen LogP contribution in [0.25, 0.3) is 0 Å². The first-order valence-electron chi connectivity index (χ1n) is 9.40. The summed E-state index contributed by atoms with van der Waals surface area (Å²) in [5, 5.41) is 8.15. The Kier molecular flexibility index (Phi) is 8.11. The van der Waals surface area contributed by atoms with Gasteiger partial charge in [-0.2, -0.15) is 5.10 Å². The van der Waals surface area contributed by atoms with Crippen molar-refractivity contribution < 1.29 is 14.3 Å². The summed E-state index contributed by atoms with van der Waals surface area (Å²) in [5.74, 6) is -0.219. The Balaban J connectivity index is 1.53. The second kappa shape index (κ2) is 11.0. The van der Waals surface area contributed by atoms with Crippen LogP contribution in [0.1, 0.15) is 22.8 Å². The fraction of sp³-hybridized carbons (Fsp3) is 0.0870. The molecule has 0 atom stereocenters. The predicted octanol–water partition coefficient (Wildman–Crippen LogP) is 5.82. The van der Waals surface area contributed by atoms with E-state index in [0.717, 1.165) is 5.56 Å². The maximum atomic E-state index is 12.4. The summed E-state index contributed by atoms with van der Waals surface area (Å²) < 4.78 is 5.37. The number of amides is 2. The molecule has 3 aromatic rings.